The van der Waals surface area contributed by atoms with E-state index >= 15 is 0 Å². The molecule has 2 aromatic carbocycles. The van der Waals surface area contributed by atoms with Crippen LogP contribution < -0.4 is 10.6 Å². The average Bonchev–Trinajstić information content (AvgIpc) is 2.75. The van der Waals surface area contributed by atoms with Crippen LogP contribution in [0.1, 0.15) is 50.7 Å². The third-order valence-electron chi connectivity index (χ3n) is 4.98. The van der Waals surface area contributed by atoms with Crippen LogP contribution in [0.4, 0.5) is 22.7 Å². The van der Waals surface area contributed by atoms with Crippen LogP contribution in [0, 0.1) is 20.2 Å². The van der Waals surface area contributed by atoms with E-state index in [0.717, 1.165) is 25.7 Å². The number of nitro groups is 2. The van der Waals surface area contributed by atoms with Gasteiger partial charge in [-0.05, 0) is 36.1 Å². The van der Waals surface area contributed by atoms with Gasteiger partial charge < -0.3 is 10.6 Å². The molecule has 2 N–H and O–H groups in total. The molecule has 0 radical (unpaired) electrons. The Morgan fingerprint density at radius 1 is 0.758 bits per heavy atom. The number of hydrogen-bond donors (Lipinski definition) is 2. The number of nitro benzene ring substituents is 2. The Morgan fingerprint density at radius 3 is 1.48 bits per heavy atom. The Hall–Kier alpha value is -3.21. The van der Waals surface area contributed by atoms with Gasteiger partial charge >= 0.3 is 0 Å². The summed E-state index contributed by atoms with van der Waals surface area (Å²) in [5, 5.41) is 28.9. The van der Waals surface area contributed by atoms with Crippen molar-refractivity contribution in [3.05, 3.63) is 67.8 Å². The van der Waals surface area contributed by atoms with Gasteiger partial charge in [-0.2, -0.15) is 0 Å². The van der Waals surface area contributed by atoms with Crippen LogP contribution in [-0.4, -0.2) is 31.4 Å². The molecular weight excluding hydrogens is 448 g/mol. The molecule has 0 aromatic heterocycles. The van der Waals surface area contributed by atoms with Crippen LogP contribution >= 0.6 is 0 Å². The number of anilines is 2. The smallest absolute Gasteiger partial charge is 0.292 e. The molecule has 0 aliphatic carbocycles. The Morgan fingerprint density at radius 2 is 1.15 bits per heavy atom. The first-order chi connectivity index (χ1) is 15.7. The first-order valence-electron chi connectivity index (χ1n) is 10.9. The molecule has 0 spiro atoms. The van der Waals surface area contributed by atoms with Gasteiger partial charge in [-0.1, -0.05) is 38.8 Å². The highest BCUT2D eigenvalue weighted by Crippen LogP contribution is 2.29. The van der Waals surface area contributed by atoms with Gasteiger partial charge in [0.1, 0.15) is 11.4 Å². The second kappa shape index (κ2) is 12.1. The van der Waals surface area contributed by atoms with Crippen molar-refractivity contribution >= 4 is 32.6 Å². The third kappa shape index (κ3) is 8.01. The molecule has 0 atom stereocenters. The van der Waals surface area contributed by atoms with Crippen molar-refractivity contribution in [1.82, 2.24) is 0 Å². The molecule has 0 amide bonds. The molecular formula is C22H30N4O6S. The number of sulfone groups is 1. The molecule has 0 fully saturated rings. The van der Waals surface area contributed by atoms with E-state index in [1.165, 1.54) is 24.3 Å². The summed E-state index contributed by atoms with van der Waals surface area (Å²) in [7, 11) is -3.73. The van der Waals surface area contributed by atoms with E-state index in [1.807, 2.05) is 13.8 Å². The van der Waals surface area contributed by atoms with Gasteiger partial charge in [-0.15, -0.1) is 0 Å². The average molecular weight is 479 g/mol. The predicted octanol–water partition coefficient (Wildman–Crippen LogP) is 5.04. The number of nitrogens with zero attached hydrogens (tertiary/aromatic N) is 2. The lowest BCUT2D eigenvalue weighted by atomic mass is 10.2. The van der Waals surface area contributed by atoms with Gasteiger partial charge in [-0.3, -0.25) is 20.2 Å². The number of nitrogens with one attached hydrogen (secondary N) is 2. The second-order valence-corrected chi connectivity index (χ2v) is 9.87. The fraction of sp³-hybridized carbons (Fsp3) is 0.455. The summed E-state index contributed by atoms with van der Waals surface area (Å²) in [6.45, 7) is 5.18. The number of unbranched alkanes of at least 4 members (excludes halogenated alkanes) is 2. The SMILES string of the molecule is CCCCNc1ccc(CS(=O)(=O)Cc2ccc(NCCCC)c([N+](=O)[O-])c2)cc1[N+](=O)[O-]. The van der Waals surface area contributed by atoms with Crippen LogP contribution in [0.3, 0.4) is 0 Å². The lowest BCUT2D eigenvalue weighted by molar-refractivity contribution is -0.384. The lowest BCUT2D eigenvalue weighted by Gasteiger charge is -2.10. The van der Waals surface area contributed by atoms with Gasteiger partial charge in [0.2, 0.25) is 0 Å². The molecule has 0 aliphatic rings. The van der Waals surface area contributed by atoms with E-state index in [1.54, 1.807) is 12.1 Å². The quantitative estimate of drug-likeness (QED) is 0.218. The van der Waals surface area contributed by atoms with Crippen molar-refractivity contribution in [2.45, 2.75) is 51.0 Å². The first kappa shape index (κ1) is 26.0. The van der Waals surface area contributed by atoms with Crippen LogP contribution in [0.15, 0.2) is 36.4 Å². The van der Waals surface area contributed by atoms with Crippen LogP contribution in [0.2, 0.25) is 0 Å². The van der Waals surface area contributed by atoms with Crippen LogP contribution in [-0.2, 0) is 21.3 Å². The molecule has 11 heteroatoms. The summed E-state index contributed by atoms with van der Waals surface area (Å²) in [5.41, 5.74) is 0.895. The second-order valence-electron chi connectivity index (χ2n) is 7.81. The molecule has 33 heavy (non-hydrogen) atoms. The molecule has 0 heterocycles. The summed E-state index contributed by atoms with van der Waals surface area (Å²) in [6.07, 6.45) is 3.58. The van der Waals surface area contributed by atoms with Crippen molar-refractivity contribution in [3.63, 3.8) is 0 Å². The minimum Gasteiger partial charge on any atom is -0.379 e. The van der Waals surface area contributed by atoms with Gasteiger partial charge in [0, 0.05) is 25.2 Å². The zero-order chi connectivity index (χ0) is 24.4. The van der Waals surface area contributed by atoms with Gasteiger partial charge in [-0.25, -0.2) is 8.42 Å². The summed E-state index contributed by atoms with van der Waals surface area (Å²) in [4.78, 5) is 21.8. The van der Waals surface area contributed by atoms with Crippen molar-refractivity contribution < 1.29 is 18.3 Å². The van der Waals surface area contributed by atoms with Crippen molar-refractivity contribution in [1.29, 1.82) is 0 Å². The van der Waals surface area contributed by atoms with Crippen molar-refractivity contribution in [2.75, 3.05) is 23.7 Å². The zero-order valence-electron chi connectivity index (χ0n) is 18.9. The van der Waals surface area contributed by atoms with E-state index in [-0.39, 0.29) is 22.5 Å². The Balaban J connectivity index is 2.19. The minimum absolute atomic E-state index is 0.183. The monoisotopic (exact) mass is 478 g/mol. The van der Waals surface area contributed by atoms with Gasteiger partial charge in [0.15, 0.2) is 9.84 Å². The van der Waals surface area contributed by atoms with Crippen molar-refractivity contribution in [2.24, 2.45) is 0 Å². The number of benzene rings is 2. The van der Waals surface area contributed by atoms with Gasteiger partial charge in [0.25, 0.3) is 11.4 Å². The van der Waals surface area contributed by atoms with E-state index in [9.17, 15) is 28.6 Å². The highest BCUT2D eigenvalue weighted by Gasteiger charge is 2.21. The Bertz CT molecular complexity index is 1010. The van der Waals surface area contributed by atoms with Gasteiger partial charge in [0.05, 0.1) is 21.4 Å². The van der Waals surface area contributed by atoms with E-state index in [0.29, 0.717) is 24.5 Å². The maximum Gasteiger partial charge on any atom is 0.292 e. The largest absolute Gasteiger partial charge is 0.379 e. The van der Waals surface area contributed by atoms with E-state index in [2.05, 4.69) is 10.6 Å². The number of rotatable bonds is 14. The fourth-order valence-corrected chi connectivity index (χ4v) is 4.77. The number of hydrogen-bond acceptors (Lipinski definition) is 8. The maximum atomic E-state index is 12.8. The third-order valence-corrected chi connectivity index (χ3v) is 6.53. The molecule has 0 aliphatic heterocycles. The molecule has 0 saturated heterocycles. The molecule has 0 unspecified atom stereocenters. The molecule has 2 rings (SSSR count). The molecule has 0 saturated carbocycles. The lowest BCUT2D eigenvalue weighted by Crippen LogP contribution is -2.10. The molecule has 10 nitrogen and oxygen atoms in total. The summed E-state index contributed by atoms with van der Waals surface area (Å²) < 4.78 is 25.5. The summed E-state index contributed by atoms with van der Waals surface area (Å²) >= 11 is 0. The zero-order valence-corrected chi connectivity index (χ0v) is 19.7. The standard InChI is InChI=1S/C22H30N4O6S/c1-3-5-11-23-19-9-7-17(13-21(19)25(27)28)15-33(31,32)16-18-8-10-20(24-12-6-4-2)22(14-18)26(29)30/h7-10,13-14,23-24H,3-6,11-12,15-16H2,1-2H3. The predicted molar refractivity (Wildman–Crippen MR) is 129 cm³/mol. The normalized spacial score (nSPS) is 11.2. The summed E-state index contributed by atoms with van der Waals surface area (Å²) in [5.74, 6) is -0.819. The van der Waals surface area contributed by atoms with E-state index < -0.39 is 31.2 Å². The van der Waals surface area contributed by atoms with Crippen LogP contribution in [0.5, 0.6) is 0 Å². The molecule has 2 aromatic rings. The Kier molecular flexibility index (Phi) is 9.58. The topological polar surface area (TPSA) is 144 Å². The highest BCUT2D eigenvalue weighted by molar-refractivity contribution is 7.89. The fourth-order valence-electron chi connectivity index (χ4n) is 3.29. The summed E-state index contributed by atoms with van der Waals surface area (Å²) in [6, 6.07) is 8.63. The first-order valence-corrected chi connectivity index (χ1v) is 12.7. The Labute approximate surface area is 193 Å². The van der Waals surface area contributed by atoms with E-state index in [4.69, 9.17) is 0 Å². The molecule has 0 bridgehead atoms. The maximum absolute atomic E-state index is 12.8. The highest BCUT2D eigenvalue weighted by atomic mass is 32.2. The molecule has 180 valence electrons. The minimum atomic E-state index is -3.73. The van der Waals surface area contributed by atoms with Crippen LogP contribution in [0.25, 0.3) is 0 Å². The van der Waals surface area contributed by atoms with Crippen molar-refractivity contribution in [3.8, 4) is 0 Å².